The van der Waals surface area contributed by atoms with Crippen LogP contribution in [0.25, 0.3) is 0 Å². The SMILES string of the molecule is CCc1ccc(OCC2c3cc(OC)c(OC)cc3CCN2C(=O)c2ccc(F)cc2)cc1. The topological polar surface area (TPSA) is 48.0 Å². The van der Waals surface area contributed by atoms with Crippen molar-refractivity contribution in [1.82, 2.24) is 4.90 Å². The largest absolute Gasteiger partial charge is 0.493 e. The van der Waals surface area contributed by atoms with Crippen LogP contribution in [0.3, 0.4) is 0 Å². The molecule has 172 valence electrons. The number of ether oxygens (including phenoxy) is 3. The zero-order chi connectivity index (χ0) is 23.4. The highest BCUT2D eigenvalue weighted by molar-refractivity contribution is 5.94. The maximum Gasteiger partial charge on any atom is 0.254 e. The molecule has 1 unspecified atom stereocenters. The van der Waals surface area contributed by atoms with Crippen molar-refractivity contribution in [3.05, 3.63) is 88.7 Å². The minimum Gasteiger partial charge on any atom is -0.493 e. The normalized spacial score (nSPS) is 15.0. The number of halogens is 1. The van der Waals surface area contributed by atoms with Crippen molar-refractivity contribution < 1.29 is 23.4 Å². The highest BCUT2D eigenvalue weighted by Gasteiger charge is 2.33. The zero-order valence-electron chi connectivity index (χ0n) is 19.1. The molecule has 33 heavy (non-hydrogen) atoms. The van der Waals surface area contributed by atoms with E-state index in [1.165, 1.54) is 29.8 Å². The van der Waals surface area contributed by atoms with Gasteiger partial charge >= 0.3 is 0 Å². The first-order chi connectivity index (χ1) is 16.0. The smallest absolute Gasteiger partial charge is 0.254 e. The van der Waals surface area contributed by atoms with Crippen LogP contribution in [0.2, 0.25) is 0 Å². The molecule has 3 aromatic carbocycles. The standard InChI is InChI=1S/C27H28FNO4/c1-4-18-5-11-22(12-6-18)33-17-24-23-16-26(32-3)25(31-2)15-20(23)13-14-29(24)27(30)19-7-9-21(28)10-8-19/h5-12,15-16,24H,4,13-14,17H2,1-3H3. The van der Waals surface area contributed by atoms with E-state index in [2.05, 4.69) is 6.92 Å². The predicted molar refractivity (Wildman–Crippen MR) is 125 cm³/mol. The van der Waals surface area contributed by atoms with Crippen molar-refractivity contribution >= 4 is 5.91 Å². The second kappa shape index (κ2) is 9.94. The molecule has 0 fully saturated rings. The van der Waals surface area contributed by atoms with E-state index >= 15 is 0 Å². The summed E-state index contributed by atoms with van der Waals surface area (Å²) in [7, 11) is 3.20. The summed E-state index contributed by atoms with van der Waals surface area (Å²) >= 11 is 0. The number of rotatable bonds is 7. The predicted octanol–water partition coefficient (Wildman–Crippen LogP) is 5.22. The number of carbonyl (C=O) groups is 1. The second-order valence-electron chi connectivity index (χ2n) is 7.99. The van der Waals surface area contributed by atoms with Gasteiger partial charge in [0.1, 0.15) is 18.2 Å². The summed E-state index contributed by atoms with van der Waals surface area (Å²) in [5.41, 5.74) is 3.72. The molecule has 4 rings (SSSR count). The Morgan fingerprint density at radius 3 is 2.30 bits per heavy atom. The Bertz CT molecular complexity index is 1110. The lowest BCUT2D eigenvalue weighted by atomic mass is 9.91. The monoisotopic (exact) mass is 449 g/mol. The van der Waals surface area contributed by atoms with Crippen molar-refractivity contribution in [2.24, 2.45) is 0 Å². The number of methoxy groups -OCH3 is 2. The maximum atomic E-state index is 13.4. The van der Waals surface area contributed by atoms with E-state index in [1.807, 2.05) is 36.4 Å². The van der Waals surface area contributed by atoms with Gasteiger partial charge in [-0.25, -0.2) is 4.39 Å². The maximum absolute atomic E-state index is 13.4. The van der Waals surface area contributed by atoms with Crippen LogP contribution in [-0.2, 0) is 12.8 Å². The molecule has 0 radical (unpaired) electrons. The molecule has 0 spiro atoms. The van der Waals surface area contributed by atoms with Crippen molar-refractivity contribution in [3.8, 4) is 17.2 Å². The highest BCUT2D eigenvalue weighted by Crippen LogP contribution is 2.39. The summed E-state index contributed by atoms with van der Waals surface area (Å²) < 4.78 is 30.5. The average molecular weight is 450 g/mol. The first kappa shape index (κ1) is 22.6. The van der Waals surface area contributed by atoms with E-state index in [4.69, 9.17) is 14.2 Å². The number of carbonyl (C=O) groups excluding carboxylic acids is 1. The van der Waals surface area contributed by atoms with Crippen molar-refractivity contribution in [2.45, 2.75) is 25.8 Å². The Kier molecular flexibility index (Phi) is 6.82. The molecule has 6 heteroatoms. The fourth-order valence-corrected chi connectivity index (χ4v) is 4.21. The molecule has 0 bridgehead atoms. The number of benzene rings is 3. The lowest BCUT2D eigenvalue weighted by Crippen LogP contribution is -2.42. The van der Waals surface area contributed by atoms with Gasteiger partial charge in [-0.1, -0.05) is 19.1 Å². The molecule has 0 N–H and O–H groups in total. The number of amides is 1. The van der Waals surface area contributed by atoms with Gasteiger partial charge in [0.25, 0.3) is 5.91 Å². The highest BCUT2D eigenvalue weighted by atomic mass is 19.1. The molecule has 0 saturated carbocycles. The van der Waals surface area contributed by atoms with Crippen LogP contribution in [0.1, 0.15) is 40.0 Å². The van der Waals surface area contributed by atoms with E-state index in [1.54, 1.807) is 19.1 Å². The summed E-state index contributed by atoms with van der Waals surface area (Å²) in [5.74, 6) is 1.47. The van der Waals surface area contributed by atoms with Crippen molar-refractivity contribution in [2.75, 3.05) is 27.4 Å². The fourth-order valence-electron chi connectivity index (χ4n) is 4.21. The quantitative estimate of drug-likeness (QED) is 0.496. The molecular formula is C27H28FNO4. The number of hydrogen-bond donors (Lipinski definition) is 0. The third-order valence-electron chi connectivity index (χ3n) is 6.09. The molecule has 1 aliphatic heterocycles. The van der Waals surface area contributed by atoms with Gasteiger partial charge in [-0.2, -0.15) is 0 Å². The van der Waals surface area contributed by atoms with E-state index in [0.29, 0.717) is 30.0 Å². The van der Waals surface area contributed by atoms with Crippen LogP contribution in [0.5, 0.6) is 17.2 Å². The average Bonchev–Trinajstić information content (AvgIpc) is 2.86. The van der Waals surface area contributed by atoms with Gasteiger partial charge in [0, 0.05) is 12.1 Å². The lowest BCUT2D eigenvalue weighted by Gasteiger charge is -2.37. The van der Waals surface area contributed by atoms with Crippen molar-refractivity contribution in [3.63, 3.8) is 0 Å². The minimum absolute atomic E-state index is 0.162. The Balaban J connectivity index is 1.68. The fraction of sp³-hybridized carbons (Fsp3) is 0.296. The summed E-state index contributed by atoms with van der Waals surface area (Å²) in [6.45, 7) is 2.90. The molecule has 0 aliphatic carbocycles. The van der Waals surface area contributed by atoms with E-state index < -0.39 is 0 Å². The van der Waals surface area contributed by atoms with Gasteiger partial charge in [0.05, 0.1) is 20.3 Å². The van der Waals surface area contributed by atoms with Gasteiger partial charge in [-0.3, -0.25) is 4.79 Å². The van der Waals surface area contributed by atoms with Crippen molar-refractivity contribution in [1.29, 1.82) is 0 Å². The number of aryl methyl sites for hydroxylation is 1. The van der Waals surface area contributed by atoms with E-state index in [0.717, 1.165) is 23.3 Å². The third kappa shape index (κ3) is 4.80. The summed E-state index contributed by atoms with van der Waals surface area (Å²) in [6, 6.07) is 17.2. The number of nitrogens with zero attached hydrogens (tertiary/aromatic N) is 1. The van der Waals surface area contributed by atoms with Gasteiger partial charge < -0.3 is 19.1 Å². The molecule has 3 aromatic rings. The molecule has 0 aromatic heterocycles. The molecular weight excluding hydrogens is 421 g/mol. The lowest BCUT2D eigenvalue weighted by molar-refractivity contribution is 0.0589. The molecule has 5 nitrogen and oxygen atoms in total. The molecule has 1 amide bonds. The first-order valence-corrected chi connectivity index (χ1v) is 11.1. The molecule has 1 heterocycles. The number of fused-ring (bicyclic) bond motifs is 1. The van der Waals surface area contributed by atoms with Crippen LogP contribution in [0, 0.1) is 5.82 Å². The van der Waals surface area contributed by atoms with Crippen LogP contribution >= 0.6 is 0 Å². The number of hydrogen-bond acceptors (Lipinski definition) is 4. The van der Waals surface area contributed by atoms with Gasteiger partial charge in [-0.15, -0.1) is 0 Å². The van der Waals surface area contributed by atoms with Gasteiger partial charge in [-0.05, 0) is 78.1 Å². The zero-order valence-corrected chi connectivity index (χ0v) is 19.1. The Labute approximate surface area is 193 Å². The van der Waals surface area contributed by atoms with E-state index in [-0.39, 0.29) is 24.4 Å². The van der Waals surface area contributed by atoms with Crippen LogP contribution in [0.15, 0.2) is 60.7 Å². The van der Waals surface area contributed by atoms with Crippen LogP contribution < -0.4 is 14.2 Å². The van der Waals surface area contributed by atoms with Crippen LogP contribution in [0.4, 0.5) is 4.39 Å². The second-order valence-corrected chi connectivity index (χ2v) is 7.99. The Morgan fingerprint density at radius 2 is 1.67 bits per heavy atom. The van der Waals surface area contributed by atoms with Gasteiger partial charge in [0.15, 0.2) is 11.5 Å². The minimum atomic E-state index is -0.372. The summed E-state index contributed by atoms with van der Waals surface area (Å²) in [6.07, 6.45) is 1.63. The Morgan fingerprint density at radius 1 is 1.00 bits per heavy atom. The molecule has 0 saturated heterocycles. The third-order valence-corrected chi connectivity index (χ3v) is 6.09. The summed E-state index contributed by atoms with van der Waals surface area (Å²) in [4.78, 5) is 15.2. The summed E-state index contributed by atoms with van der Waals surface area (Å²) in [5, 5.41) is 0. The van der Waals surface area contributed by atoms with Gasteiger partial charge in [0.2, 0.25) is 0 Å². The molecule has 1 aliphatic rings. The van der Waals surface area contributed by atoms with Crippen LogP contribution in [-0.4, -0.2) is 38.2 Å². The Hall–Kier alpha value is -3.54. The first-order valence-electron chi connectivity index (χ1n) is 11.1. The molecule has 1 atom stereocenters. The van der Waals surface area contributed by atoms with E-state index in [9.17, 15) is 9.18 Å².